The Bertz CT molecular complexity index is 1050. The Hall–Kier alpha value is -2.32. The third-order valence-electron chi connectivity index (χ3n) is 6.98. The molecular formula is C27H28F6O2. The summed E-state index contributed by atoms with van der Waals surface area (Å²) in [6.45, 7) is 3.55. The van der Waals surface area contributed by atoms with Crippen LogP contribution in [0.15, 0.2) is 30.3 Å². The van der Waals surface area contributed by atoms with Crippen molar-refractivity contribution in [1.29, 1.82) is 0 Å². The first-order valence-corrected chi connectivity index (χ1v) is 12.0. The van der Waals surface area contributed by atoms with Gasteiger partial charge in [0, 0.05) is 23.0 Å². The highest BCUT2D eigenvalue weighted by Crippen LogP contribution is 2.40. The van der Waals surface area contributed by atoms with Crippen molar-refractivity contribution in [3.8, 4) is 0 Å². The number of halogens is 6. The van der Waals surface area contributed by atoms with E-state index < -0.39 is 46.0 Å². The minimum atomic E-state index is -1.80. The molecule has 8 heteroatoms. The first-order valence-electron chi connectivity index (χ1n) is 12.0. The fraction of sp³-hybridized carbons (Fsp3) is 0.481. The maximum Gasteiger partial charge on any atom is 0.194 e. The van der Waals surface area contributed by atoms with E-state index in [1.54, 1.807) is 0 Å². The van der Waals surface area contributed by atoms with Crippen molar-refractivity contribution in [2.45, 2.75) is 57.7 Å². The molecular weight excluding hydrogens is 470 g/mol. The van der Waals surface area contributed by atoms with Crippen LogP contribution in [0.1, 0.15) is 68.1 Å². The van der Waals surface area contributed by atoms with Crippen molar-refractivity contribution in [2.75, 3.05) is 13.2 Å². The molecule has 0 unspecified atom stereocenters. The third-order valence-corrected chi connectivity index (χ3v) is 6.98. The van der Waals surface area contributed by atoms with Gasteiger partial charge in [-0.3, -0.25) is 0 Å². The Balaban J connectivity index is 1.41. The molecule has 2 aromatic carbocycles. The van der Waals surface area contributed by atoms with Gasteiger partial charge in [0.25, 0.3) is 0 Å². The summed E-state index contributed by atoms with van der Waals surface area (Å²) in [5, 5.41) is 0. The lowest BCUT2D eigenvalue weighted by Crippen LogP contribution is -2.38. The van der Waals surface area contributed by atoms with Crippen LogP contribution >= 0.6 is 0 Å². The van der Waals surface area contributed by atoms with Gasteiger partial charge in [-0.1, -0.05) is 19.4 Å². The van der Waals surface area contributed by atoms with Crippen LogP contribution in [-0.4, -0.2) is 19.5 Å². The van der Waals surface area contributed by atoms with Gasteiger partial charge in [0.1, 0.15) is 5.82 Å². The molecule has 0 N–H and O–H groups in total. The summed E-state index contributed by atoms with van der Waals surface area (Å²) in [6.07, 6.45) is 5.23. The van der Waals surface area contributed by atoms with Gasteiger partial charge in [-0.25, -0.2) is 26.3 Å². The SMILES string of the molecule is CCCC1COC(C2CCC(c3ccc(C(F)=C(F)c4cc(F)c(F)c(F)c4)c(F)c3)CC2)OC1. The molecule has 1 heterocycles. The highest BCUT2D eigenvalue weighted by atomic mass is 19.2. The van der Waals surface area contributed by atoms with E-state index in [-0.39, 0.29) is 18.1 Å². The molecule has 1 saturated carbocycles. The molecule has 0 aromatic heterocycles. The lowest BCUT2D eigenvalue weighted by atomic mass is 9.78. The second-order valence-corrected chi connectivity index (χ2v) is 9.42. The van der Waals surface area contributed by atoms with Crippen molar-refractivity contribution in [3.05, 3.63) is 70.3 Å². The monoisotopic (exact) mass is 498 g/mol. The molecule has 2 aliphatic rings. The minimum absolute atomic E-state index is 0.0587. The Kier molecular flexibility index (Phi) is 8.22. The first kappa shape index (κ1) is 25.8. The highest BCUT2D eigenvalue weighted by molar-refractivity contribution is 5.83. The maximum atomic E-state index is 14.7. The lowest BCUT2D eigenvalue weighted by Gasteiger charge is -2.37. The zero-order chi connectivity index (χ0) is 25.1. The number of benzene rings is 2. The second kappa shape index (κ2) is 11.2. The van der Waals surface area contributed by atoms with Gasteiger partial charge in [-0.2, -0.15) is 0 Å². The summed E-state index contributed by atoms with van der Waals surface area (Å²) in [4.78, 5) is 0. The van der Waals surface area contributed by atoms with E-state index in [9.17, 15) is 26.3 Å². The van der Waals surface area contributed by atoms with E-state index >= 15 is 0 Å². The minimum Gasteiger partial charge on any atom is -0.352 e. The highest BCUT2D eigenvalue weighted by Gasteiger charge is 2.33. The first-order chi connectivity index (χ1) is 16.8. The predicted octanol–water partition coefficient (Wildman–Crippen LogP) is 8.07. The van der Waals surface area contributed by atoms with Gasteiger partial charge >= 0.3 is 0 Å². The summed E-state index contributed by atoms with van der Waals surface area (Å²) in [6, 6.07) is 4.46. The van der Waals surface area contributed by atoms with E-state index in [1.165, 1.54) is 12.1 Å². The Labute approximate surface area is 200 Å². The molecule has 0 atom stereocenters. The summed E-state index contributed by atoms with van der Waals surface area (Å²) in [5.74, 6) is -8.64. The molecule has 2 nitrogen and oxygen atoms in total. The zero-order valence-corrected chi connectivity index (χ0v) is 19.4. The molecule has 190 valence electrons. The third kappa shape index (κ3) is 5.75. The molecule has 0 spiro atoms. The Morgan fingerprint density at radius 3 is 2.03 bits per heavy atom. The fourth-order valence-electron chi connectivity index (χ4n) is 5.02. The van der Waals surface area contributed by atoms with Crippen LogP contribution in [0.4, 0.5) is 26.3 Å². The zero-order valence-electron chi connectivity index (χ0n) is 19.4. The van der Waals surface area contributed by atoms with Crippen LogP contribution in [0.2, 0.25) is 0 Å². The van der Waals surface area contributed by atoms with Crippen molar-refractivity contribution in [2.24, 2.45) is 11.8 Å². The van der Waals surface area contributed by atoms with Crippen LogP contribution in [-0.2, 0) is 9.47 Å². The van der Waals surface area contributed by atoms with Gasteiger partial charge in [-0.15, -0.1) is 0 Å². The van der Waals surface area contributed by atoms with Gasteiger partial charge in [-0.05, 0) is 67.9 Å². The van der Waals surface area contributed by atoms with Crippen molar-refractivity contribution < 1.29 is 35.8 Å². The van der Waals surface area contributed by atoms with Crippen LogP contribution in [0.5, 0.6) is 0 Å². The van der Waals surface area contributed by atoms with Crippen molar-refractivity contribution in [3.63, 3.8) is 0 Å². The molecule has 4 rings (SSSR count). The normalized spacial score (nSPS) is 25.9. The summed E-state index contributed by atoms with van der Waals surface area (Å²) in [7, 11) is 0. The molecule has 1 aliphatic heterocycles. The van der Waals surface area contributed by atoms with E-state index in [1.807, 2.05) is 0 Å². The molecule has 2 fully saturated rings. The van der Waals surface area contributed by atoms with E-state index in [4.69, 9.17) is 9.47 Å². The average Bonchev–Trinajstić information content (AvgIpc) is 2.87. The lowest BCUT2D eigenvalue weighted by molar-refractivity contribution is -0.229. The topological polar surface area (TPSA) is 18.5 Å². The van der Waals surface area contributed by atoms with Crippen LogP contribution in [0.25, 0.3) is 11.7 Å². The number of ether oxygens (including phenoxy) is 2. The van der Waals surface area contributed by atoms with E-state index in [0.29, 0.717) is 36.8 Å². The smallest absolute Gasteiger partial charge is 0.194 e. The number of rotatable bonds is 6. The van der Waals surface area contributed by atoms with Gasteiger partial charge in [0.2, 0.25) is 0 Å². The molecule has 1 saturated heterocycles. The van der Waals surface area contributed by atoms with E-state index in [0.717, 1.165) is 44.6 Å². The quantitative estimate of drug-likeness (QED) is 0.228. The standard InChI is InChI=1S/C27H28F6O2/c1-2-3-15-13-34-27(35-14-15)17-6-4-16(5-7-17)18-8-9-20(21(28)10-18)25(32)24(31)19-11-22(29)26(33)23(30)12-19/h8-12,15-17,27H,2-7,13-14H2,1H3. The molecule has 1 aliphatic carbocycles. The van der Waals surface area contributed by atoms with Crippen LogP contribution in [0, 0.1) is 35.1 Å². The van der Waals surface area contributed by atoms with Crippen LogP contribution in [0.3, 0.4) is 0 Å². The maximum absolute atomic E-state index is 14.7. The van der Waals surface area contributed by atoms with E-state index in [2.05, 4.69) is 6.92 Å². The number of hydrogen-bond donors (Lipinski definition) is 0. The summed E-state index contributed by atoms with van der Waals surface area (Å²) < 4.78 is 95.6. The van der Waals surface area contributed by atoms with Gasteiger partial charge < -0.3 is 9.47 Å². The predicted molar refractivity (Wildman–Crippen MR) is 121 cm³/mol. The van der Waals surface area contributed by atoms with Crippen LogP contribution < -0.4 is 0 Å². The molecule has 0 amide bonds. The van der Waals surface area contributed by atoms with Gasteiger partial charge in [0.15, 0.2) is 35.4 Å². The Morgan fingerprint density at radius 2 is 1.46 bits per heavy atom. The largest absolute Gasteiger partial charge is 0.352 e. The summed E-state index contributed by atoms with van der Waals surface area (Å²) >= 11 is 0. The fourth-order valence-corrected chi connectivity index (χ4v) is 5.02. The summed E-state index contributed by atoms with van der Waals surface area (Å²) in [5.41, 5.74) is -0.852. The number of hydrogen-bond acceptors (Lipinski definition) is 2. The average molecular weight is 499 g/mol. The van der Waals surface area contributed by atoms with Crippen molar-refractivity contribution in [1.82, 2.24) is 0 Å². The van der Waals surface area contributed by atoms with Crippen molar-refractivity contribution >= 4 is 11.7 Å². The second-order valence-electron chi connectivity index (χ2n) is 9.42. The molecule has 0 bridgehead atoms. The molecule has 35 heavy (non-hydrogen) atoms. The Morgan fingerprint density at radius 1 is 0.829 bits per heavy atom. The van der Waals surface area contributed by atoms with Gasteiger partial charge in [0.05, 0.1) is 13.2 Å². The molecule has 0 radical (unpaired) electrons. The molecule has 2 aromatic rings.